The number of aliphatic carboxylic acids is 1. The van der Waals surface area contributed by atoms with Crippen LogP contribution in [0.1, 0.15) is 23.6 Å². The van der Waals surface area contributed by atoms with E-state index < -0.39 is 12.0 Å². The number of benzene rings is 1. The van der Waals surface area contributed by atoms with Crippen molar-refractivity contribution in [3.63, 3.8) is 0 Å². The molecule has 1 heterocycles. The highest BCUT2D eigenvalue weighted by atomic mass is 35.5. The van der Waals surface area contributed by atoms with Crippen molar-refractivity contribution in [2.75, 3.05) is 13.2 Å². The monoisotopic (exact) mass is 271 g/mol. The summed E-state index contributed by atoms with van der Waals surface area (Å²) in [6, 6.07) is 1.04. The normalized spacial score (nSPS) is 15.3. The first-order valence-electron chi connectivity index (χ1n) is 5.56. The summed E-state index contributed by atoms with van der Waals surface area (Å²) in [5.41, 5.74) is 7.32. The number of carboxylic acid groups (broad SMARTS) is 1. The van der Waals surface area contributed by atoms with Gasteiger partial charge in [-0.25, -0.2) is 0 Å². The predicted octanol–water partition coefficient (Wildman–Crippen LogP) is 1.89. The fourth-order valence-corrected chi connectivity index (χ4v) is 2.26. The quantitative estimate of drug-likeness (QED) is 0.877. The van der Waals surface area contributed by atoms with Gasteiger partial charge in [0.25, 0.3) is 0 Å². The number of halogens is 1. The van der Waals surface area contributed by atoms with Crippen LogP contribution in [-0.4, -0.2) is 24.3 Å². The van der Waals surface area contributed by atoms with Crippen LogP contribution in [0.5, 0.6) is 11.5 Å². The lowest BCUT2D eigenvalue weighted by Gasteiger charge is -2.24. The van der Waals surface area contributed by atoms with Gasteiger partial charge in [-0.1, -0.05) is 11.6 Å². The molecule has 1 aliphatic heterocycles. The lowest BCUT2D eigenvalue weighted by molar-refractivity contribution is -0.137. The molecule has 1 aromatic rings. The van der Waals surface area contributed by atoms with Gasteiger partial charge in [0.05, 0.1) is 11.4 Å². The minimum absolute atomic E-state index is 0.156. The number of fused-ring (bicyclic) bond motifs is 1. The Kier molecular flexibility index (Phi) is 3.63. The molecular formula is C12H14ClNO4. The second kappa shape index (κ2) is 5.04. The highest BCUT2D eigenvalue weighted by molar-refractivity contribution is 6.32. The number of rotatable bonds is 3. The molecular weight excluding hydrogens is 258 g/mol. The van der Waals surface area contributed by atoms with Crippen LogP contribution in [-0.2, 0) is 4.79 Å². The van der Waals surface area contributed by atoms with E-state index in [9.17, 15) is 4.79 Å². The third kappa shape index (κ3) is 2.37. The molecule has 1 aromatic carbocycles. The summed E-state index contributed by atoms with van der Waals surface area (Å²) in [6.07, 6.45) is -0.156. The summed E-state index contributed by atoms with van der Waals surface area (Å²) in [7, 11) is 0. The fourth-order valence-electron chi connectivity index (χ4n) is 2.00. The van der Waals surface area contributed by atoms with Crippen LogP contribution in [0.2, 0.25) is 5.02 Å². The lowest BCUT2D eigenvalue weighted by atomic mass is 9.98. The van der Waals surface area contributed by atoms with E-state index in [0.717, 1.165) is 5.56 Å². The molecule has 0 amide bonds. The summed E-state index contributed by atoms with van der Waals surface area (Å²) in [6.45, 7) is 2.72. The van der Waals surface area contributed by atoms with Crippen molar-refractivity contribution in [1.82, 2.24) is 0 Å². The standard InChI is InChI=1S/C12H14ClNO4/c1-6-7(9(14)5-10(15)16)4-8(13)12-11(6)17-2-3-18-12/h4,9H,2-3,5,14H2,1H3,(H,15,16). The van der Waals surface area contributed by atoms with Crippen LogP contribution < -0.4 is 15.2 Å². The first-order valence-corrected chi connectivity index (χ1v) is 5.94. The Morgan fingerprint density at radius 1 is 1.50 bits per heavy atom. The zero-order valence-corrected chi connectivity index (χ0v) is 10.7. The molecule has 6 heteroatoms. The number of hydrogen-bond donors (Lipinski definition) is 2. The minimum Gasteiger partial charge on any atom is -0.486 e. The molecule has 98 valence electrons. The van der Waals surface area contributed by atoms with Crippen molar-refractivity contribution in [2.24, 2.45) is 5.73 Å². The highest BCUT2D eigenvalue weighted by Gasteiger charge is 2.23. The number of hydrogen-bond acceptors (Lipinski definition) is 4. The van der Waals surface area contributed by atoms with Crippen LogP contribution in [0.4, 0.5) is 0 Å². The molecule has 1 atom stereocenters. The Morgan fingerprint density at radius 3 is 2.72 bits per heavy atom. The van der Waals surface area contributed by atoms with E-state index in [-0.39, 0.29) is 6.42 Å². The molecule has 0 saturated heterocycles. The van der Waals surface area contributed by atoms with Gasteiger partial charge in [0.2, 0.25) is 0 Å². The molecule has 18 heavy (non-hydrogen) atoms. The van der Waals surface area contributed by atoms with Crippen molar-refractivity contribution in [3.8, 4) is 11.5 Å². The topological polar surface area (TPSA) is 81.8 Å². The van der Waals surface area contributed by atoms with Crippen molar-refractivity contribution < 1.29 is 19.4 Å². The Hall–Kier alpha value is -1.46. The van der Waals surface area contributed by atoms with Gasteiger partial charge >= 0.3 is 5.97 Å². The first kappa shape index (κ1) is 13.0. The van der Waals surface area contributed by atoms with E-state index in [1.54, 1.807) is 6.07 Å². The van der Waals surface area contributed by atoms with Crippen molar-refractivity contribution in [2.45, 2.75) is 19.4 Å². The summed E-state index contributed by atoms with van der Waals surface area (Å²) in [5.74, 6) is 0.115. The molecule has 1 aliphatic rings. The number of carboxylic acids is 1. The molecule has 5 nitrogen and oxygen atoms in total. The summed E-state index contributed by atoms with van der Waals surface area (Å²) in [5, 5.41) is 9.17. The van der Waals surface area contributed by atoms with E-state index >= 15 is 0 Å². The average Bonchev–Trinajstić information content (AvgIpc) is 2.33. The lowest BCUT2D eigenvalue weighted by Crippen LogP contribution is -2.20. The van der Waals surface area contributed by atoms with Gasteiger partial charge in [-0.15, -0.1) is 0 Å². The smallest absolute Gasteiger partial charge is 0.305 e. The van der Waals surface area contributed by atoms with Gasteiger partial charge in [-0.05, 0) is 24.1 Å². The average molecular weight is 272 g/mol. The van der Waals surface area contributed by atoms with Gasteiger partial charge in [-0.3, -0.25) is 4.79 Å². The maximum atomic E-state index is 10.7. The molecule has 0 aromatic heterocycles. The largest absolute Gasteiger partial charge is 0.486 e. The molecule has 2 rings (SSSR count). The third-order valence-electron chi connectivity index (χ3n) is 2.85. The Morgan fingerprint density at radius 2 is 2.11 bits per heavy atom. The molecule has 3 N–H and O–H groups in total. The third-order valence-corrected chi connectivity index (χ3v) is 3.13. The number of ether oxygens (including phenoxy) is 2. The molecule has 0 spiro atoms. The van der Waals surface area contributed by atoms with Gasteiger partial charge in [0.15, 0.2) is 11.5 Å². The second-order valence-corrected chi connectivity index (χ2v) is 4.54. The van der Waals surface area contributed by atoms with E-state index in [4.69, 9.17) is 31.9 Å². The molecule has 0 bridgehead atoms. The zero-order chi connectivity index (χ0) is 13.3. The predicted molar refractivity (Wildman–Crippen MR) is 66.4 cm³/mol. The summed E-state index contributed by atoms with van der Waals surface area (Å²) < 4.78 is 11.0. The SMILES string of the molecule is Cc1c(C(N)CC(=O)O)cc(Cl)c2c1OCCO2. The fraction of sp³-hybridized carbons (Fsp3) is 0.417. The van der Waals surface area contributed by atoms with E-state index in [2.05, 4.69) is 0 Å². The molecule has 0 saturated carbocycles. The van der Waals surface area contributed by atoms with E-state index in [1.807, 2.05) is 6.92 Å². The maximum absolute atomic E-state index is 10.7. The zero-order valence-electron chi connectivity index (χ0n) is 9.90. The molecule has 1 unspecified atom stereocenters. The molecule has 0 radical (unpaired) electrons. The number of nitrogens with two attached hydrogens (primary N) is 1. The van der Waals surface area contributed by atoms with Crippen LogP contribution in [0.3, 0.4) is 0 Å². The highest BCUT2D eigenvalue weighted by Crippen LogP contribution is 2.43. The van der Waals surface area contributed by atoms with Crippen LogP contribution in [0, 0.1) is 6.92 Å². The Labute approximate surface area is 109 Å². The van der Waals surface area contributed by atoms with Crippen molar-refractivity contribution in [3.05, 3.63) is 22.2 Å². The van der Waals surface area contributed by atoms with Gasteiger partial charge in [0.1, 0.15) is 13.2 Å². The van der Waals surface area contributed by atoms with Gasteiger partial charge in [0, 0.05) is 6.04 Å². The van der Waals surface area contributed by atoms with Gasteiger partial charge < -0.3 is 20.3 Å². The van der Waals surface area contributed by atoms with Crippen LogP contribution in [0.25, 0.3) is 0 Å². The number of carbonyl (C=O) groups is 1. The van der Waals surface area contributed by atoms with Crippen molar-refractivity contribution >= 4 is 17.6 Å². The first-order chi connectivity index (χ1) is 8.50. The van der Waals surface area contributed by atoms with E-state index in [1.165, 1.54) is 0 Å². The Bertz CT molecular complexity index is 489. The minimum atomic E-state index is -0.951. The second-order valence-electron chi connectivity index (χ2n) is 4.13. The molecule has 0 aliphatic carbocycles. The molecule has 0 fully saturated rings. The summed E-state index contributed by atoms with van der Waals surface area (Å²) in [4.78, 5) is 10.7. The maximum Gasteiger partial charge on any atom is 0.305 e. The van der Waals surface area contributed by atoms with Gasteiger partial charge in [-0.2, -0.15) is 0 Å². The van der Waals surface area contributed by atoms with Crippen LogP contribution in [0.15, 0.2) is 6.07 Å². The summed E-state index contributed by atoms with van der Waals surface area (Å²) >= 11 is 6.09. The van der Waals surface area contributed by atoms with Crippen LogP contribution >= 0.6 is 11.6 Å². The Balaban J connectivity index is 2.43. The van der Waals surface area contributed by atoms with E-state index in [0.29, 0.717) is 35.3 Å². The van der Waals surface area contributed by atoms with Crippen molar-refractivity contribution in [1.29, 1.82) is 0 Å².